The number of hydrogen-bond donors (Lipinski definition) is 1. The Kier molecular flexibility index (Phi) is 3.57. The van der Waals surface area contributed by atoms with Crippen LogP contribution in [0.1, 0.15) is 18.0 Å². The molecule has 0 fully saturated rings. The Hall–Kier alpha value is -1.72. The third-order valence-corrected chi connectivity index (χ3v) is 4.55. The van der Waals surface area contributed by atoms with Crippen LogP contribution in [0.5, 0.6) is 0 Å². The molecule has 96 valence electrons. The van der Waals surface area contributed by atoms with Crippen molar-refractivity contribution in [3.63, 3.8) is 0 Å². The van der Waals surface area contributed by atoms with E-state index in [4.69, 9.17) is 0 Å². The highest BCUT2D eigenvalue weighted by molar-refractivity contribution is 7.13. The first-order chi connectivity index (χ1) is 9.33. The van der Waals surface area contributed by atoms with Gasteiger partial charge < -0.3 is 5.32 Å². The van der Waals surface area contributed by atoms with Crippen molar-refractivity contribution < 1.29 is 0 Å². The molecule has 1 aromatic carbocycles. The molecule has 1 atom stereocenters. The summed E-state index contributed by atoms with van der Waals surface area (Å²) in [6, 6.07) is 8.58. The number of benzene rings is 1. The predicted molar refractivity (Wildman–Crippen MR) is 81.7 cm³/mol. The van der Waals surface area contributed by atoms with Gasteiger partial charge in [0.25, 0.3) is 0 Å². The molecule has 5 heteroatoms. The summed E-state index contributed by atoms with van der Waals surface area (Å²) in [4.78, 5) is 8.63. The van der Waals surface area contributed by atoms with Gasteiger partial charge in [-0.05, 0) is 31.2 Å². The van der Waals surface area contributed by atoms with Gasteiger partial charge in [0, 0.05) is 34.4 Å². The van der Waals surface area contributed by atoms with Crippen molar-refractivity contribution in [2.24, 2.45) is 0 Å². The average Bonchev–Trinajstić information content (AvgIpc) is 3.13. The molecule has 0 spiro atoms. The van der Waals surface area contributed by atoms with Crippen LogP contribution < -0.4 is 5.32 Å². The molecule has 3 rings (SSSR count). The van der Waals surface area contributed by atoms with E-state index in [2.05, 4.69) is 46.5 Å². The molecule has 0 amide bonds. The first-order valence-electron chi connectivity index (χ1n) is 5.99. The first kappa shape index (κ1) is 12.3. The maximum absolute atomic E-state index is 4.32. The first-order valence-corrected chi connectivity index (χ1v) is 7.75. The molecule has 0 bridgehead atoms. The lowest BCUT2D eigenvalue weighted by atomic mass is 10.2. The highest BCUT2D eigenvalue weighted by Gasteiger charge is 2.07. The number of thiazole rings is 2. The zero-order valence-electron chi connectivity index (χ0n) is 10.4. The minimum absolute atomic E-state index is 0.228. The van der Waals surface area contributed by atoms with Crippen molar-refractivity contribution in [1.29, 1.82) is 0 Å². The summed E-state index contributed by atoms with van der Waals surface area (Å²) in [5.41, 5.74) is 2.26. The zero-order valence-corrected chi connectivity index (χ0v) is 12.0. The molecular formula is C14H13N3S2. The van der Waals surface area contributed by atoms with E-state index < -0.39 is 0 Å². The average molecular weight is 287 g/mol. The molecule has 0 radical (unpaired) electrons. The van der Waals surface area contributed by atoms with Crippen LogP contribution in [-0.4, -0.2) is 9.97 Å². The predicted octanol–water partition coefficient (Wildman–Crippen LogP) is 4.44. The van der Waals surface area contributed by atoms with Gasteiger partial charge in [-0.2, -0.15) is 0 Å². The van der Waals surface area contributed by atoms with Crippen molar-refractivity contribution >= 4 is 28.4 Å². The lowest BCUT2D eigenvalue weighted by molar-refractivity contribution is 0.870. The van der Waals surface area contributed by atoms with E-state index >= 15 is 0 Å². The van der Waals surface area contributed by atoms with Crippen LogP contribution in [0.25, 0.3) is 10.6 Å². The smallest absolute Gasteiger partial charge is 0.123 e. The van der Waals surface area contributed by atoms with Gasteiger partial charge in [0.1, 0.15) is 10.0 Å². The second-order valence-electron chi connectivity index (χ2n) is 4.15. The molecule has 2 aromatic heterocycles. The monoisotopic (exact) mass is 287 g/mol. The van der Waals surface area contributed by atoms with Gasteiger partial charge in [0.15, 0.2) is 0 Å². The summed E-state index contributed by atoms with van der Waals surface area (Å²) < 4.78 is 0. The molecule has 19 heavy (non-hydrogen) atoms. The Morgan fingerprint density at radius 3 is 2.37 bits per heavy atom. The molecule has 1 N–H and O–H groups in total. The third-order valence-electron chi connectivity index (χ3n) is 2.77. The molecule has 0 aliphatic heterocycles. The topological polar surface area (TPSA) is 37.8 Å². The van der Waals surface area contributed by atoms with Crippen LogP contribution in [0.3, 0.4) is 0 Å². The fourth-order valence-corrected chi connectivity index (χ4v) is 3.13. The standard InChI is InChI=1S/C14H13N3S2/c1-10(13-15-6-8-18-13)17-12-4-2-11(3-5-12)14-16-7-9-19-14/h2-10,17H,1H3. The van der Waals surface area contributed by atoms with E-state index in [0.717, 1.165) is 21.3 Å². The Bertz CT molecular complexity index is 615. The minimum atomic E-state index is 0.228. The van der Waals surface area contributed by atoms with Crippen molar-refractivity contribution in [2.45, 2.75) is 13.0 Å². The van der Waals surface area contributed by atoms with Crippen molar-refractivity contribution in [3.05, 3.63) is 52.4 Å². The van der Waals surface area contributed by atoms with Crippen LogP contribution in [0.2, 0.25) is 0 Å². The van der Waals surface area contributed by atoms with Crippen LogP contribution in [0.4, 0.5) is 5.69 Å². The number of nitrogens with zero attached hydrogens (tertiary/aromatic N) is 2. The van der Waals surface area contributed by atoms with Gasteiger partial charge in [0.2, 0.25) is 0 Å². The van der Waals surface area contributed by atoms with Crippen LogP contribution in [0.15, 0.2) is 47.4 Å². The van der Waals surface area contributed by atoms with Gasteiger partial charge in [-0.1, -0.05) is 0 Å². The molecule has 3 nitrogen and oxygen atoms in total. The quantitative estimate of drug-likeness (QED) is 0.771. The summed E-state index contributed by atoms with van der Waals surface area (Å²) in [5.74, 6) is 0. The molecule has 0 aliphatic carbocycles. The van der Waals surface area contributed by atoms with Gasteiger partial charge >= 0.3 is 0 Å². The summed E-state index contributed by atoms with van der Waals surface area (Å²) in [5, 5.41) is 9.59. The Labute approximate surface area is 120 Å². The fraction of sp³-hybridized carbons (Fsp3) is 0.143. The van der Waals surface area contributed by atoms with Gasteiger partial charge in [-0.25, -0.2) is 9.97 Å². The number of anilines is 1. The minimum Gasteiger partial charge on any atom is -0.376 e. The molecule has 0 aliphatic rings. The highest BCUT2D eigenvalue weighted by Crippen LogP contribution is 2.25. The number of aromatic nitrogens is 2. The van der Waals surface area contributed by atoms with Crippen molar-refractivity contribution in [1.82, 2.24) is 9.97 Å². The molecule has 2 heterocycles. The van der Waals surface area contributed by atoms with Crippen molar-refractivity contribution in [3.8, 4) is 10.6 Å². The molecule has 0 saturated carbocycles. The zero-order chi connectivity index (χ0) is 13.1. The maximum Gasteiger partial charge on any atom is 0.123 e. The molecular weight excluding hydrogens is 274 g/mol. The second-order valence-corrected chi connectivity index (χ2v) is 5.97. The molecule has 3 aromatic rings. The summed E-state index contributed by atoms with van der Waals surface area (Å²) in [6.45, 7) is 2.12. The Morgan fingerprint density at radius 2 is 1.74 bits per heavy atom. The highest BCUT2D eigenvalue weighted by atomic mass is 32.1. The van der Waals surface area contributed by atoms with Gasteiger partial charge in [0.05, 0.1) is 6.04 Å². The molecule has 0 saturated heterocycles. The summed E-state index contributed by atoms with van der Waals surface area (Å²) in [6.07, 6.45) is 3.67. The second kappa shape index (κ2) is 5.50. The fourth-order valence-electron chi connectivity index (χ4n) is 1.84. The van der Waals surface area contributed by atoms with E-state index in [9.17, 15) is 0 Å². The van der Waals surface area contributed by atoms with E-state index in [0.29, 0.717) is 0 Å². The van der Waals surface area contributed by atoms with E-state index in [1.165, 1.54) is 0 Å². The van der Waals surface area contributed by atoms with Crippen LogP contribution >= 0.6 is 22.7 Å². The molecule has 1 unspecified atom stereocenters. The lowest BCUT2D eigenvalue weighted by Gasteiger charge is -2.12. The summed E-state index contributed by atoms with van der Waals surface area (Å²) in [7, 11) is 0. The van der Waals surface area contributed by atoms with E-state index in [-0.39, 0.29) is 6.04 Å². The Morgan fingerprint density at radius 1 is 1.00 bits per heavy atom. The van der Waals surface area contributed by atoms with E-state index in [1.807, 2.05) is 23.2 Å². The third kappa shape index (κ3) is 2.83. The van der Waals surface area contributed by atoms with Crippen LogP contribution in [-0.2, 0) is 0 Å². The number of nitrogens with one attached hydrogen (secondary N) is 1. The SMILES string of the molecule is CC(Nc1ccc(-c2nccs2)cc1)c1nccs1. The number of hydrogen-bond acceptors (Lipinski definition) is 5. The van der Waals surface area contributed by atoms with Crippen molar-refractivity contribution in [2.75, 3.05) is 5.32 Å². The van der Waals surface area contributed by atoms with Gasteiger partial charge in [-0.3, -0.25) is 0 Å². The number of rotatable bonds is 4. The Balaban J connectivity index is 1.73. The van der Waals surface area contributed by atoms with Crippen LogP contribution in [0, 0.1) is 0 Å². The normalized spacial score (nSPS) is 12.3. The van der Waals surface area contributed by atoms with E-state index in [1.54, 1.807) is 22.7 Å². The van der Waals surface area contributed by atoms with Gasteiger partial charge in [-0.15, -0.1) is 22.7 Å². The maximum atomic E-state index is 4.32. The summed E-state index contributed by atoms with van der Waals surface area (Å²) >= 11 is 3.32. The largest absolute Gasteiger partial charge is 0.376 e. The lowest BCUT2D eigenvalue weighted by Crippen LogP contribution is -2.05.